The first-order valence-corrected chi connectivity index (χ1v) is 7.59. The first-order chi connectivity index (χ1) is 9.11. The monoisotopic (exact) mass is 260 g/mol. The maximum absolute atomic E-state index is 11.2. The molecule has 1 N–H and O–H groups in total. The van der Waals surface area contributed by atoms with Gasteiger partial charge in [0.2, 0.25) is 0 Å². The van der Waals surface area contributed by atoms with Crippen LogP contribution >= 0.6 is 0 Å². The first-order valence-electron chi connectivity index (χ1n) is 7.59. The molecule has 0 saturated heterocycles. The van der Waals surface area contributed by atoms with Gasteiger partial charge in [-0.2, -0.15) is 0 Å². The van der Waals surface area contributed by atoms with Crippen LogP contribution in [0.4, 0.5) is 0 Å². The van der Waals surface area contributed by atoms with Gasteiger partial charge < -0.3 is 9.84 Å². The molecule has 3 rings (SSSR count). The van der Waals surface area contributed by atoms with E-state index in [1.54, 1.807) is 0 Å². The fraction of sp³-hybridized carbons (Fsp3) is 0.647. The van der Waals surface area contributed by atoms with Gasteiger partial charge >= 0.3 is 0 Å². The van der Waals surface area contributed by atoms with Crippen molar-refractivity contribution in [3.8, 4) is 5.75 Å². The van der Waals surface area contributed by atoms with Gasteiger partial charge in [0.05, 0.1) is 12.2 Å². The van der Waals surface area contributed by atoms with E-state index in [-0.39, 0.29) is 0 Å². The number of hydrogen-bond donors (Lipinski definition) is 1. The zero-order chi connectivity index (χ0) is 13.5. The molecule has 2 nitrogen and oxygen atoms in total. The van der Waals surface area contributed by atoms with Crippen molar-refractivity contribution in [1.82, 2.24) is 0 Å². The number of ether oxygens (including phenoxy) is 1. The highest BCUT2D eigenvalue weighted by Crippen LogP contribution is 2.47. The van der Waals surface area contributed by atoms with Crippen LogP contribution in [0, 0.1) is 11.8 Å². The Labute approximate surface area is 115 Å². The summed E-state index contributed by atoms with van der Waals surface area (Å²) in [5, 5.41) is 11.2. The predicted octanol–water partition coefficient (Wildman–Crippen LogP) is 3.66. The number of benzene rings is 1. The van der Waals surface area contributed by atoms with Crippen molar-refractivity contribution in [2.45, 2.75) is 51.6 Å². The van der Waals surface area contributed by atoms with E-state index >= 15 is 0 Å². The molecular weight excluding hydrogens is 236 g/mol. The van der Waals surface area contributed by atoms with Gasteiger partial charge in [0.25, 0.3) is 0 Å². The summed E-state index contributed by atoms with van der Waals surface area (Å²) in [6.07, 6.45) is 5.21. The van der Waals surface area contributed by atoms with Crippen LogP contribution in [-0.2, 0) is 12.0 Å². The summed E-state index contributed by atoms with van der Waals surface area (Å²) < 4.78 is 5.89. The maximum atomic E-state index is 11.2. The van der Waals surface area contributed by atoms with Gasteiger partial charge in [-0.05, 0) is 49.5 Å². The van der Waals surface area contributed by atoms with Crippen LogP contribution in [0.3, 0.4) is 0 Å². The molecule has 2 aliphatic rings. The summed E-state index contributed by atoms with van der Waals surface area (Å²) in [5.74, 6) is 1.99. The van der Waals surface area contributed by atoms with Crippen LogP contribution < -0.4 is 4.74 Å². The number of aryl methyl sites for hydroxylation is 1. The highest BCUT2D eigenvalue weighted by atomic mass is 16.5. The molecule has 1 saturated carbocycles. The standard InChI is InChI=1S/C17H24O2/c1-12-8-9-17(18,13(2)11-12)15-7-3-5-14-6-4-10-19-16(14)15/h3,5,7,12-13,18H,4,6,8-11H2,1-2H3. The number of fused-ring (bicyclic) bond motifs is 1. The van der Waals surface area contributed by atoms with E-state index in [9.17, 15) is 5.11 Å². The third-order valence-corrected chi connectivity index (χ3v) is 4.99. The SMILES string of the molecule is CC1CCC(O)(c2cccc3c2OCCC3)C(C)C1. The van der Waals surface area contributed by atoms with Crippen LogP contribution in [0.5, 0.6) is 5.75 Å². The minimum Gasteiger partial charge on any atom is -0.493 e. The molecule has 1 heterocycles. The molecule has 0 spiro atoms. The van der Waals surface area contributed by atoms with E-state index in [1.165, 1.54) is 5.56 Å². The van der Waals surface area contributed by atoms with Crippen LogP contribution in [-0.4, -0.2) is 11.7 Å². The summed E-state index contributed by atoms with van der Waals surface area (Å²) in [6, 6.07) is 6.28. The second kappa shape index (κ2) is 4.82. The van der Waals surface area contributed by atoms with Crippen molar-refractivity contribution in [1.29, 1.82) is 0 Å². The fourth-order valence-corrected chi connectivity index (χ4v) is 3.76. The summed E-state index contributed by atoms with van der Waals surface area (Å²) >= 11 is 0. The highest BCUT2D eigenvalue weighted by Gasteiger charge is 2.42. The van der Waals surface area contributed by atoms with E-state index in [0.717, 1.165) is 55.9 Å². The topological polar surface area (TPSA) is 29.5 Å². The molecule has 1 aliphatic heterocycles. The largest absolute Gasteiger partial charge is 0.493 e. The quantitative estimate of drug-likeness (QED) is 0.835. The molecule has 2 heteroatoms. The number of para-hydroxylation sites is 1. The summed E-state index contributed by atoms with van der Waals surface area (Å²) in [7, 11) is 0. The van der Waals surface area contributed by atoms with E-state index in [0.29, 0.717) is 5.92 Å². The second-order valence-corrected chi connectivity index (χ2v) is 6.45. The van der Waals surface area contributed by atoms with Crippen LogP contribution in [0.15, 0.2) is 18.2 Å². The van der Waals surface area contributed by atoms with Gasteiger partial charge in [-0.1, -0.05) is 32.0 Å². The Balaban J connectivity index is 2.01. The molecule has 3 unspecified atom stereocenters. The van der Waals surface area contributed by atoms with Crippen LogP contribution in [0.2, 0.25) is 0 Å². The van der Waals surface area contributed by atoms with Gasteiger partial charge in [0.15, 0.2) is 0 Å². The van der Waals surface area contributed by atoms with E-state index < -0.39 is 5.60 Å². The van der Waals surface area contributed by atoms with Crippen molar-refractivity contribution in [2.75, 3.05) is 6.61 Å². The van der Waals surface area contributed by atoms with E-state index in [2.05, 4.69) is 32.0 Å². The maximum Gasteiger partial charge on any atom is 0.128 e. The lowest BCUT2D eigenvalue weighted by atomic mass is 9.68. The Kier molecular flexibility index (Phi) is 3.30. The zero-order valence-electron chi connectivity index (χ0n) is 12.0. The second-order valence-electron chi connectivity index (χ2n) is 6.45. The molecule has 0 radical (unpaired) electrons. The van der Waals surface area contributed by atoms with E-state index in [4.69, 9.17) is 4.74 Å². The normalized spacial score (nSPS) is 34.5. The van der Waals surface area contributed by atoms with Crippen molar-refractivity contribution < 1.29 is 9.84 Å². The molecule has 0 amide bonds. The fourth-order valence-electron chi connectivity index (χ4n) is 3.76. The zero-order valence-corrected chi connectivity index (χ0v) is 12.0. The Hall–Kier alpha value is -1.02. The Morgan fingerprint density at radius 2 is 2.16 bits per heavy atom. The highest BCUT2D eigenvalue weighted by molar-refractivity contribution is 5.46. The molecule has 0 bridgehead atoms. The lowest BCUT2D eigenvalue weighted by molar-refractivity contribution is -0.0607. The number of rotatable bonds is 1. The lowest BCUT2D eigenvalue weighted by Crippen LogP contribution is -2.39. The van der Waals surface area contributed by atoms with Gasteiger partial charge in [0.1, 0.15) is 5.75 Å². The van der Waals surface area contributed by atoms with Gasteiger partial charge in [-0.15, -0.1) is 0 Å². The van der Waals surface area contributed by atoms with Crippen LogP contribution in [0.25, 0.3) is 0 Å². The molecule has 1 aliphatic carbocycles. The minimum atomic E-state index is -0.699. The van der Waals surface area contributed by atoms with Crippen LogP contribution in [0.1, 0.15) is 50.7 Å². The molecule has 1 fully saturated rings. The van der Waals surface area contributed by atoms with Gasteiger partial charge in [0, 0.05) is 5.56 Å². The Bertz CT molecular complexity index is 468. The molecule has 1 aromatic rings. The number of aliphatic hydroxyl groups is 1. The summed E-state index contributed by atoms with van der Waals surface area (Å²) in [6.45, 7) is 5.25. The van der Waals surface area contributed by atoms with Crippen molar-refractivity contribution in [3.63, 3.8) is 0 Å². The third kappa shape index (κ3) is 2.16. The smallest absolute Gasteiger partial charge is 0.128 e. The first kappa shape index (κ1) is 13.0. The summed E-state index contributed by atoms with van der Waals surface area (Å²) in [5.41, 5.74) is 1.60. The third-order valence-electron chi connectivity index (χ3n) is 4.99. The van der Waals surface area contributed by atoms with Crippen molar-refractivity contribution in [3.05, 3.63) is 29.3 Å². The van der Waals surface area contributed by atoms with E-state index in [1.807, 2.05) is 0 Å². The van der Waals surface area contributed by atoms with Gasteiger partial charge in [-0.25, -0.2) is 0 Å². The molecule has 104 valence electrons. The molecule has 1 aromatic carbocycles. The average molecular weight is 260 g/mol. The van der Waals surface area contributed by atoms with Crippen molar-refractivity contribution in [2.24, 2.45) is 11.8 Å². The molecular formula is C17H24O2. The summed E-state index contributed by atoms with van der Waals surface area (Å²) in [4.78, 5) is 0. The molecule has 19 heavy (non-hydrogen) atoms. The minimum absolute atomic E-state index is 0.299. The predicted molar refractivity (Wildman–Crippen MR) is 76.3 cm³/mol. The lowest BCUT2D eigenvalue weighted by Gasteiger charge is -2.42. The molecule has 3 atom stereocenters. The van der Waals surface area contributed by atoms with Gasteiger partial charge in [-0.3, -0.25) is 0 Å². The Morgan fingerprint density at radius 1 is 1.32 bits per heavy atom. The molecule has 0 aromatic heterocycles. The van der Waals surface area contributed by atoms with Crippen molar-refractivity contribution >= 4 is 0 Å². The average Bonchev–Trinajstić information content (AvgIpc) is 2.43. The Morgan fingerprint density at radius 3 is 2.95 bits per heavy atom. The number of hydrogen-bond acceptors (Lipinski definition) is 2.